The van der Waals surface area contributed by atoms with Crippen LogP contribution in [0.5, 0.6) is 0 Å². The van der Waals surface area contributed by atoms with Crippen LogP contribution in [0.15, 0.2) is 59.7 Å². The number of esters is 3. The SMILES string of the molecule is CC(=O)OC[C@@H](C)[C@@H](OC(C)=O)C1OC(OC(c2ccccc2)c2ccc(B3OC(C)(C)C(C)(C)O3)cc2)(C(=O)O)CC(OC(C)=O)C1NC(=O)CN=[N+]=[N-]. The average molecular weight is 767 g/mol. The number of hydrogen-bond acceptors (Lipinski definition) is 13. The van der Waals surface area contributed by atoms with E-state index in [2.05, 4.69) is 15.3 Å². The van der Waals surface area contributed by atoms with E-state index in [0.717, 1.165) is 13.8 Å². The maximum absolute atomic E-state index is 13.6. The Balaban J connectivity index is 1.84. The molecule has 0 spiro atoms. The fourth-order valence-electron chi connectivity index (χ4n) is 6.31. The van der Waals surface area contributed by atoms with Crippen molar-refractivity contribution < 1.29 is 62.1 Å². The largest absolute Gasteiger partial charge is 0.494 e. The molecule has 5 unspecified atom stereocenters. The second-order valence-electron chi connectivity index (χ2n) is 14.5. The molecular formula is C37H47BN4O13. The molecule has 2 aliphatic heterocycles. The first-order valence-corrected chi connectivity index (χ1v) is 17.7. The molecule has 1 amide bonds. The minimum Gasteiger partial charge on any atom is -0.477 e. The molecular weight excluding hydrogens is 719 g/mol. The number of aliphatic carboxylic acids is 1. The highest BCUT2D eigenvalue weighted by Gasteiger charge is 2.59. The van der Waals surface area contributed by atoms with Gasteiger partial charge in [0, 0.05) is 31.6 Å². The monoisotopic (exact) mass is 766 g/mol. The fraction of sp³-hybridized carbons (Fsp3) is 0.541. The summed E-state index contributed by atoms with van der Waals surface area (Å²) in [5.41, 5.74) is 9.37. The van der Waals surface area contributed by atoms with Crippen LogP contribution in [0, 0.1) is 5.92 Å². The number of nitrogens with zero attached hydrogens (tertiary/aromatic N) is 3. The number of nitrogens with one attached hydrogen (secondary N) is 1. The number of carbonyl (C=O) groups excluding carboxylic acids is 4. The molecule has 0 saturated carbocycles. The number of rotatable bonds is 15. The van der Waals surface area contributed by atoms with Crippen LogP contribution in [0.1, 0.15) is 79.0 Å². The third-order valence-corrected chi connectivity index (χ3v) is 9.71. The zero-order valence-corrected chi connectivity index (χ0v) is 32.0. The lowest BCUT2D eigenvalue weighted by Crippen LogP contribution is -2.68. The Kier molecular flexibility index (Phi) is 13.7. The van der Waals surface area contributed by atoms with Crippen molar-refractivity contribution in [1.82, 2.24) is 5.32 Å². The maximum Gasteiger partial charge on any atom is 0.494 e. The molecule has 2 N–H and O–H groups in total. The molecule has 2 aromatic rings. The van der Waals surface area contributed by atoms with E-state index in [-0.39, 0.29) is 6.61 Å². The minimum atomic E-state index is -2.62. The second-order valence-corrected chi connectivity index (χ2v) is 14.5. The zero-order valence-electron chi connectivity index (χ0n) is 32.0. The number of azide groups is 1. The van der Waals surface area contributed by atoms with E-state index in [9.17, 15) is 29.1 Å². The molecule has 296 valence electrons. The standard InChI is InChI=1S/C37H47BN4O13/c1-21(20-49-22(2)43)31(51-24(4)45)33-30(41-29(46)19-40-42-39)28(50-23(3)44)18-37(53-33,34(47)48)52-32(25-12-10-9-11-13-25)26-14-16-27(17-15-26)38-54-35(5,6)36(7,8)55-38/h9-17,21,28,30-33H,18-20H2,1-8H3,(H,41,46)(H,47,48)/t21-,28?,30?,31-,32?,33?,37?/m1/s1. The molecule has 0 radical (unpaired) electrons. The second kappa shape index (κ2) is 17.6. The Hall–Kier alpha value is -5.00. The van der Waals surface area contributed by atoms with Crippen molar-refractivity contribution in [3.8, 4) is 0 Å². The number of benzene rings is 2. The van der Waals surface area contributed by atoms with Crippen molar-refractivity contribution >= 4 is 42.4 Å². The summed E-state index contributed by atoms with van der Waals surface area (Å²) in [5.74, 6) is -8.26. The zero-order chi connectivity index (χ0) is 40.7. The smallest absolute Gasteiger partial charge is 0.477 e. The van der Waals surface area contributed by atoms with Gasteiger partial charge in [0.25, 0.3) is 5.79 Å². The lowest BCUT2D eigenvalue weighted by atomic mass is 9.78. The van der Waals surface area contributed by atoms with Gasteiger partial charge in [-0.15, -0.1) is 0 Å². The van der Waals surface area contributed by atoms with Gasteiger partial charge in [-0.3, -0.25) is 19.2 Å². The van der Waals surface area contributed by atoms with Gasteiger partial charge in [0.15, 0.2) is 0 Å². The highest BCUT2D eigenvalue weighted by molar-refractivity contribution is 6.62. The van der Waals surface area contributed by atoms with Crippen LogP contribution in [-0.4, -0.2) is 96.5 Å². The topological polar surface area (TPSA) is 231 Å². The van der Waals surface area contributed by atoms with Gasteiger partial charge in [-0.1, -0.05) is 66.6 Å². The normalized spacial score (nSPS) is 24.3. The van der Waals surface area contributed by atoms with Gasteiger partial charge < -0.3 is 43.4 Å². The highest BCUT2D eigenvalue weighted by atomic mass is 16.7. The molecule has 0 aliphatic carbocycles. The van der Waals surface area contributed by atoms with E-state index < -0.39 is 103 Å². The van der Waals surface area contributed by atoms with Gasteiger partial charge in [0.05, 0.1) is 30.3 Å². The molecule has 0 bridgehead atoms. The highest BCUT2D eigenvalue weighted by Crippen LogP contribution is 2.42. The average Bonchev–Trinajstić information content (AvgIpc) is 3.34. The number of hydrogen-bond donors (Lipinski definition) is 2. The van der Waals surface area contributed by atoms with Crippen LogP contribution in [0.2, 0.25) is 0 Å². The van der Waals surface area contributed by atoms with Gasteiger partial charge in [0.2, 0.25) is 5.91 Å². The van der Waals surface area contributed by atoms with Gasteiger partial charge in [-0.05, 0) is 49.8 Å². The van der Waals surface area contributed by atoms with E-state index in [1.165, 1.54) is 6.92 Å². The predicted molar refractivity (Wildman–Crippen MR) is 194 cm³/mol. The number of carboxylic acids is 1. The van der Waals surface area contributed by atoms with Crippen LogP contribution in [0.4, 0.5) is 0 Å². The molecule has 2 saturated heterocycles. The number of amides is 1. The minimum absolute atomic E-state index is 0.312. The van der Waals surface area contributed by atoms with Crippen molar-refractivity contribution in [2.45, 2.75) is 109 Å². The first kappa shape index (κ1) is 42.7. The lowest BCUT2D eigenvalue weighted by Gasteiger charge is -2.49. The molecule has 17 nitrogen and oxygen atoms in total. The molecule has 18 heteroatoms. The number of carboxylic acid groups (broad SMARTS) is 1. The quantitative estimate of drug-likeness (QED) is 0.0661. The Morgan fingerprint density at radius 2 is 1.55 bits per heavy atom. The lowest BCUT2D eigenvalue weighted by molar-refractivity contribution is -0.320. The number of ether oxygens (including phenoxy) is 5. The summed E-state index contributed by atoms with van der Waals surface area (Å²) in [6.07, 6.45) is -6.28. The summed E-state index contributed by atoms with van der Waals surface area (Å²) in [6.45, 7) is 11.7. The number of carbonyl (C=O) groups is 5. The molecule has 0 aromatic heterocycles. The summed E-state index contributed by atoms with van der Waals surface area (Å²) in [6, 6.07) is 14.4. The first-order chi connectivity index (χ1) is 25.8. The molecule has 2 fully saturated rings. The summed E-state index contributed by atoms with van der Waals surface area (Å²) < 4.78 is 41.9. The van der Waals surface area contributed by atoms with Crippen LogP contribution >= 0.6 is 0 Å². The Bertz CT molecular complexity index is 1750. The predicted octanol–water partition coefficient (Wildman–Crippen LogP) is 3.52. The fourth-order valence-corrected chi connectivity index (χ4v) is 6.31. The van der Waals surface area contributed by atoms with Crippen molar-refractivity contribution in [3.63, 3.8) is 0 Å². The van der Waals surface area contributed by atoms with E-state index in [4.69, 9.17) is 38.5 Å². The van der Waals surface area contributed by atoms with Gasteiger partial charge in [0.1, 0.15) is 31.0 Å². The maximum atomic E-state index is 13.6. The van der Waals surface area contributed by atoms with E-state index >= 15 is 0 Å². The van der Waals surface area contributed by atoms with Gasteiger partial charge in [-0.25, -0.2) is 4.79 Å². The summed E-state index contributed by atoms with van der Waals surface area (Å²) in [7, 11) is -0.675. The van der Waals surface area contributed by atoms with Crippen molar-refractivity contribution in [1.29, 1.82) is 0 Å². The van der Waals surface area contributed by atoms with Crippen LogP contribution < -0.4 is 10.8 Å². The summed E-state index contributed by atoms with van der Waals surface area (Å²) in [4.78, 5) is 66.0. The van der Waals surface area contributed by atoms with Crippen LogP contribution in [-0.2, 0) is 57.0 Å². The van der Waals surface area contributed by atoms with Crippen molar-refractivity contribution in [2.75, 3.05) is 13.2 Å². The molecule has 7 atom stereocenters. The first-order valence-electron chi connectivity index (χ1n) is 17.7. The van der Waals surface area contributed by atoms with Crippen LogP contribution in [0.25, 0.3) is 10.4 Å². The summed E-state index contributed by atoms with van der Waals surface area (Å²) >= 11 is 0. The molecule has 2 aliphatic rings. The van der Waals surface area contributed by atoms with E-state index in [1.807, 2.05) is 27.7 Å². The third kappa shape index (κ3) is 10.4. The van der Waals surface area contributed by atoms with Gasteiger partial charge in [-0.2, -0.15) is 0 Å². The molecule has 2 heterocycles. The van der Waals surface area contributed by atoms with E-state index in [0.29, 0.717) is 16.6 Å². The molecule has 55 heavy (non-hydrogen) atoms. The molecule has 4 rings (SSSR count). The Morgan fingerprint density at radius 3 is 2.07 bits per heavy atom. The van der Waals surface area contributed by atoms with E-state index in [1.54, 1.807) is 61.5 Å². The van der Waals surface area contributed by atoms with Crippen LogP contribution in [0.3, 0.4) is 0 Å². The third-order valence-electron chi connectivity index (χ3n) is 9.71. The van der Waals surface area contributed by atoms with Gasteiger partial charge >= 0.3 is 31.0 Å². The Morgan fingerprint density at radius 1 is 0.945 bits per heavy atom. The summed E-state index contributed by atoms with van der Waals surface area (Å²) in [5, 5.41) is 16.9. The van der Waals surface area contributed by atoms with Crippen molar-refractivity contribution in [2.24, 2.45) is 11.0 Å². The molecule has 2 aromatic carbocycles. The van der Waals surface area contributed by atoms with Crippen molar-refractivity contribution in [3.05, 3.63) is 76.2 Å². The Labute approximate surface area is 319 Å².